The zero-order valence-electron chi connectivity index (χ0n) is 13.8. The van der Waals surface area contributed by atoms with E-state index in [9.17, 15) is 4.79 Å². The highest BCUT2D eigenvalue weighted by Crippen LogP contribution is 2.16. The summed E-state index contributed by atoms with van der Waals surface area (Å²) < 4.78 is 5.38. The van der Waals surface area contributed by atoms with E-state index < -0.39 is 0 Å². The van der Waals surface area contributed by atoms with E-state index in [0.717, 1.165) is 45.6 Å². The Labute approximate surface area is 133 Å². The summed E-state index contributed by atoms with van der Waals surface area (Å²) in [6.45, 7) is 8.39. The number of rotatable bonds is 7. The maximum Gasteiger partial charge on any atom is 0.223 e. The average Bonchev–Trinajstić information content (AvgIpc) is 2.57. The molecule has 1 N–H and O–H groups in total. The summed E-state index contributed by atoms with van der Waals surface area (Å²) in [6, 6.07) is 8.66. The second-order valence-electron chi connectivity index (χ2n) is 5.82. The first-order valence-electron chi connectivity index (χ1n) is 8.44. The molecule has 122 valence electrons. The van der Waals surface area contributed by atoms with Gasteiger partial charge in [0, 0.05) is 31.2 Å². The Morgan fingerprint density at radius 1 is 1.18 bits per heavy atom. The van der Waals surface area contributed by atoms with Gasteiger partial charge in [-0.3, -0.25) is 4.79 Å². The van der Waals surface area contributed by atoms with Crippen LogP contribution >= 0.6 is 0 Å². The molecule has 1 aromatic carbocycles. The first-order chi connectivity index (χ1) is 10.7. The second-order valence-corrected chi connectivity index (χ2v) is 5.82. The quantitative estimate of drug-likeness (QED) is 0.842. The molecule has 0 aliphatic carbocycles. The van der Waals surface area contributed by atoms with Gasteiger partial charge in [-0.15, -0.1) is 0 Å². The first kappa shape index (κ1) is 16.8. The molecule has 0 aromatic heterocycles. The normalized spacial score (nSPS) is 15.1. The summed E-state index contributed by atoms with van der Waals surface area (Å²) in [4.78, 5) is 14.3. The molecule has 1 aliphatic rings. The van der Waals surface area contributed by atoms with Gasteiger partial charge < -0.3 is 15.0 Å². The van der Waals surface area contributed by atoms with Crippen molar-refractivity contribution in [2.45, 2.75) is 33.1 Å². The van der Waals surface area contributed by atoms with Gasteiger partial charge in [0.15, 0.2) is 0 Å². The molecule has 1 aromatic rings. The maximum atomic E-state index is 11.9. The van der Waals surface area contributed by atoms with Crippen LogP contribution in [0.5, 0.6) is 0 Å². The summed E-state index contributed by atoms with van der Waals surface area (Å²) in [5.74, 6) is 0.346. The minimum atomic E-state index is 0.156. The maximum absolute atomic E-state index is 11.9. The van der Waals surface area contributed by atoms with Gasteiger partial charge in [0.1, 0.15) is 0 Å². The van der Waals surface area contributed by atoms with Crippen molar-refractivity contribution in [1.82, 2.24) is 5.32 Å². The Bertz CT molecular complexity index is 449. The van der Waals surface area contributed by atoms with Crippen molar-refractivity contribution in [3.8, 4) is 0 Å². The predicted octanol–water partition coefficient (Wildman–Crippen LogP) is 2.62. The van der Waals surface area contributed by atoms with Gasteiger partial charge in [-0.1, -0.05) is 26.0 Å². The molecule has 1 aliphatic heterocycles. The number of carbonyl (C=O) groups excluding carboxylic acids is 1. The van der Waals surface area contributed by atoms with E-state index in [1.807, 2.05) is 0 Å². The van der Waals surface area contributed by atoms with Crippen molar-refractivity contribution in [3.63, 3.8) is 0 Å². The van der Waals surface area contributed by atoms with E-state index in [1.54, 1.807) is 0 Å². The number of carbonyl (C=O) groups is 1. The molecule has 1 saturated heterocycles. The number of anilines is 1. The van der Waals surface area contributed by atoms with E-state index in [4.69, 9.17) is 4.74 Å². The largest absolute Gasteiger partial charge is 0.378 e. The molecule has 0 atom stereocenters. The third kappa shape index (κ3) is 4.73. The number of hydrogen-bond acceptors (Lipinski definition) is 3. The minimum absolute atomic E-state index is 0.156. The van der Waals surface area contributed by atoms with Crippen LogP contribution in [0.4, 0.5) is 5.69 Å². The van der Waals surface area contributed by atoms with E-state index in [2.05, 4.69) is 48.3 Å². The van der Waals surface area contributed by atoms with Gasteiger partial charge in [0.25, 0.3) is 0 Å². The number of nitrogens with zero attached hydrogens (tertiary/aromatic N) is 1. The van der Waals surface area contributed by atoms with Crippen LogP contribution in [0, 0.1) is 5.92 Å². The van der Waals surface area contributed by atoms with Gasteiger partial charge in [-0.05, 0) is 37.0 Å². The Hall–Kier alpha value is -1.55. The second kappa shape index (κ2) is 8.79. The van der Waals surface area contributed by atoms with Gasteiger partial charge in [-0.2, -0.15) is 0 Å². The van der Waals surface area contributed by atoms with Crippen LogP contribution in [-0.4, -0.2) is 38.8 Å². The Morgan fingerprint density at radius 3 is 2.41 bits per heavy atom. The van der Waals surface area contributed by atoms with E-state index in [0.29, 0.717) is 6.54 Å². The van der Waals surface area contributed by atoms with Crippen LogP contribution in [0.3, 0.4) is 0 Å². The highest BCUT2D eigenvalue weighted by molar-refractivity contribution is 5.78. The summed E-state index contributed by atoms with van der Waals surface area (Å²) in [7, 11) is 0. The van der Waals surface area contributed by atoms with Gasteiger partial charge in [0.2, 0.25) is 5.91 Å². The summed E-state index contributed by atoms with van der Waals surface area (Å²) in [6.07, 6.45) is 2.71. The van der Waals surface area contributed by atoms with Crippen molar-refractivity contribution >= 4 is 11.6 Å². The molecule has 1 amide bonds. The van der Waals surface area contributed by atoms with E-state index >= 15 is 0 Å². The number of hydrogen-bond donors (Lipinski definition) is 1. The summed E-state index contributed by atoms with van der Waals surface area (Å²) in [5.41, 5.74) is 2.52. The molecule has 0 bridgehead atoms. The summed E-state index contributed by atoms with van der Waals surface area (Å²) >= 11 is 0. The molecule has 1 heterocycles. The Kier molecular flexibility index (Phi) is 6.72. The Balaban J connectivity index is 1.77. The van der Waals surface area contributed by atoms with Crippen molar-refractivity contribution in [2.75, 3.05) is 37.7 Å². The monoisotopic (exact) mass is 304 g/mol. The van der Waals surface area contributed by atoms with Crippen LogP contribution < -0.4 is 10.2 Å². The first-order valence-corrected chi connectivity index (χ1v) is 8.44. The van der Waals surface area contributed by atoms with Crippen LogP contribution in [0.25, 0.3) is 0 Å². The van der Waals surface area contributed by atoms with E-state index in [1.165, 1.54) is 11.3 Å². The minimum Gasteiger partial charge on any atom is -0.378 e. The smallest absolute Gasteiger partial charge is 0.223 e. The highest BCUT2D eigenvalue weighted by atomic mass is 16.5. The van der Waals surface area contributed by atoms with Crippen molar-refractivity contribution in [1.29, 1.82) is 0 Å². The lowest BCUT2D eigenvalue weighted by atomic mass is 10.0. The number of nitrogens with one attached hydrogen (secondary N) is 1. The lowest BCUT2D eigenvalue weighted by Gasteiger charge is -2.28. The van der Waals surface area contributed by atoms with Crippen molar-refractivity contribution in [3.05, 3.63) is 29.8 Å². The molecule has 0 spiro atoms. The fourth-order valence-corrected chi connectivity index (χ4v) is 2.83. The molecule has 0 radical (unpaired) electrons. The molecule has 2 rings (SSSR count). The topological polar surface area (TPSA) is 41.6 Å². The fraction of sp³-hybridized carbons (Fsp3) is 0.611. The molecular weight excluding hydrogens is 276 g/mol. The van der Waals surface area contributed by atoms with Crippen LogP contribution in [0.15, 0.2) is 24.3 Å². The van der Waals surface area contributed by atoms with Crippen LogP contribution in [0.1, 0.15) is 32.3 Å². The van der Waals surface area contributed by atoms with Gasteiger partial charge >= 0.3 is 0 Å². The third-order valence-electron chi connectivity index (χ3n) is 4.38. The molecule has 4 heteroatoms. The number of ether oxygens (including phenoxy) is 1. The van der Waals surface area contributed by atoms with Crippen LogP contribution in [-0.2, 0) is 16.0 Å². The van der Waals surface area contributed by atoms with Crippen LogP contribution in [0.2, 0.25) is 0 Å². The zero-order chi connectivity index (χ0) is 15.8. The molecular formula is C18H28N2O2. The van der Waals surface area contributed by atoms with Gasteiger partial charge in [0.05, 0.1) is 13.2 Å². The molecule has 4 nitrogen and oxygen atoms in total. The SMILES string of the molecule is CCC(CC)C(=O)NCCc1ccc(N2CCOCC2)cc1. The fourth-order valence-electron chi connectivity index (χ4n) is 2.83. The average molecular weight is 304 g/mol. The lowest BCUT2D eigenvalue weighted by Crippen LogP contribution is -2.36. The molecule has 0 unspecified atom stereocenters. The predicted molar refractivity (Wildman–Crippen MR) is 90.3 cm³/mol. The summed E-state index contributed by atoms with van der Waals surface area (Å²) in [5, 5.41) is 3.05. The molecule has 0 saturated carbocycles. The third-order valence-corrected chi connectivity index (χ3v) is 4.38. The number of morpholine rings is 1. The lowest BCUT2D eigenvalue weighted by molar-refractivity contribution is -0.125. The molecule has 22 heavy (non-hydrogen) atoms. The standard InChI is InChI=1S/C18H28N2O2/c1-3-16(4-2)18(21)19-10-9-15-5-7-17(8-6-15)20-11-13-22-14-12-20/h5-8,16H,3-4,9-14H2,1-2H3,(H,19,21). The number of amides is 1. The molecule has 1 fully saturated rings. The Morgan fingerprint density at radius 2 is 1.82 bits per heavy atom. The highest BCUT2D eigenvalue weighted by Gasteiger charge is 2.13. The van der Waals surface area contributed by atoms with Crippen molar-refractivity contribution in [2.24, 2.45) is 5.92 Å². The van der Waals surface area contributed by atoms with E-state index in [-0.39, 0.29) is 11.8 Å². The van der Waals surface area contributed by atoms with Crippen molar-refractivity contribution < 1.29 is 9.53 Å². The number of benzene rings is 1. The zero-order valence-corrected chi connectivity index (χ0v) is 13.8. The van der Waals surface area contributed by atoms with Gasteiger partial charge in [-0.25, -0.2) is 0 Å².